The van der Waals surface area contributed by atoms with Gasteiger partial charge in [-0.1, -0.05) is 54.1 Å². The summed E-state index contributed by atoms with van der Waals surface area (Å²) in [6.45, 7) is 2.35. The van der Waals surface area contributed by atoms with Crippen LogP contribution in [0, 0.1) is 0 Å². The van der Waals surface area contributed by atoms with E-state index >= 15 is 0 Å². The van der Waals surface area contributed by atoms with Crippen LogP contribution in [0.25, 0.3) is 0 Å². The normalized spacial score (nSPS) is 16.7. The highest BCUT2D eigenvalue weighted by Gasteiger charge is 2.25. The highest BCUT2D eigenvalue weighted by atomic mass is 35.5. The standard InChI is InChI=1S/C20H25ClN2O2S/c21-19-10-6-9-18(15-19)20(23-12-4-5-13-23)16-22-26(24,25)14-11-17-7-2-1-3-8-17/h1-3,6-10,15,20,22H,4-5,11-14,16H2. The van der Waals surface area contributed by atoms with Crippen molar-refractivity contribution in [1.29, 1.82) is 0 Å². The number of aryl methyl sites for hydroxylation is 1. The summed E-state index contributed by atoms with van der Waals surface area (Å²) in [5.74, 6) is 0.0965. The molecular weight excluding hydrogens is 368 g/mol. The molecule has 0 aliphatic carbocycles. The topological polar surface area (TPSA) is 49.4 Å². The molecule has 4 nitrogen and oxygen atoms in total. The first-order valence-electron chi connectivity index (χ1n) is 9.04. The van der Waals surface area contributed by atoms with E-state index in [1.807, 2.05) is 54.6 Å². The summed E-state index contributed by atoms with van der Waals surface area (Å²) in [6.07, 6.45) is 2.82. The van der Waals surface area contributed by atoms with Crippen molar-refractivity contribution in [3.05, 3.63) is 70.7 Å². The van der Waals surface area contributed by atoms with Gasteiger partial charge < -0.3 is 0 Å². The zero-order chi connectivity index (χ0) is 18.4. The van der Waals surface area contributed by atoms with Gasteiger partial charge in [0.25, 0.3) is 0 Å². The third-order valence-electron chi connectivity index (χ3n) is 4.81. The first kappa shape index (κ1) is 19.4. The molecule has 0 bridgehead atoms. The van der Waals surface area contributed by atoms with E-state index in [2.05, 4.69) is 9.62 Å². The lowest BCUT2D eigenvalue weighted by Crippen LogP contribution is -2.38. The molecule has 1 fully saturated rings. The Morgan fingerprint density at radius 1 is 1.04 bits per heavy atom. The number of benzene rings is 2. The molecule has 26 heavy (non-hydrogen) atoms. The van der Waals surface area contributed by atoms with Gasteiger partial charge in [0, 0.05) is 17.6 Å². The van der Waals surface area contributed by atoms with Crippen molar-refractivity contribution in [2.24, 2.45) is 0 Å². The quantitative estimate of drug-likeness (QED) is 0.746. The zero-order valence-corrected chi connectivity index (χ0v) is 16.3. The van der Waals surface area contributed by atoms with Gasteiger partial charge in [0.15, 0.2) is 0 Å². The minimum Gasteiger partial charge on any atom is -0.295 e. The zero-order valence-electron chi connectivity index (χ0n) is 14.8. The van der Waals surface area contributed by atoms with Gasteiger partial charge in [0.2, 0.25) is 10.0 Å². The molecule has 1 heterocycles. The van der Waals surface area contributed by atoms with Crippen molar-refractivity contribution in [2.45, 2.75) is 25.3 Å². The number of nitrogens with one attached hydrogen (secondary N) is 1. The van der Waals surface area contributed by atoms with Crippen LogP contribution in [0.3, 0.4) is 0 Å². The van der Waals surface area contributed by atoms with Crippen molar-refractivity contribution in [2.75, 3.05) is 25.4 Å². The van der Waals surface area contributed by atoms with Gasteiger partial charge in [-0.2, -0.15) is 0 Å². The molecule has 0 spiro atoms. The Kier molecular flexibility index (Phi) is 6.70. The molecule has 1 unspecified atom stereocenters. The van der Waals surface area contributed by atoms with Gasteiger partial charge in [-0.15, -0.1) is 0 Å². The van der Waals surface area contributed by atoms with Crippen molar-refractivity contribution in [3.63, 3.8) is 0 Å². The Labute approximate surface area is 161 Å². The molecule has 6 heteroatoms. The fourth-order valence-electron chi connectivity index (χ4n) is 3.40. The number of hydrogen-bond acceptors (Lipinski definition) is 3. The Bertz CT molecular complexity index is 806. The van der Waals surface area contributed by atoms with Crippen LogP contribution in [0.15, 0.2) is 54.6 Å². The van der Waals surface area contributed by atoms with E-state index in [1.165, 1.54) is 0 Å². The number of rotatable bonds is 8. The molecule has 1 N–H and O–H groups in total. The Morgan fingerprint density at radius 3 is 2.46 bits per heavy atom. The van der Waals surface area contributed by atoms with E-state index in [4.69, 9.17) is 11.6 Å². The van der Waals surface area contributed by atoms with Crippen molar-refractivity contribution in [3.8, 4) is 0 Å². The van der Waals surface area contributed by atoms with Crippen molar-refractivity contribution >= 4 is 21.6 Å². The summed E-state index contributed by atoms with van der Waals surface area (Å²) in [7, 11) is -3.33. The van der Waals surface area contributed by atoms with E-state index < -0.39 is 10.0 Å². The smallest absolute Gasteiger partial charge is 0.211 e. The van der Waals surface area contributed by atoms with Crippen LogP contribution in [0.4, 0.5) is 0 Å². The molecule has 1 aliphatic rings. The summed E-state index contributed by atoms with van der Waals surface area (Å²) in [5.41, 5.74) is 2.09. The lowest BCUT2D eigenvalue weighted by atomic mass is 10.1. The van der Waals surface area contributed by atoms with E-state index in [1.54, 1.807) is 0 Å². The Balaban J connectivity index is 1.64. The van der Waals surface area contributed by atoms with Crippen molar-refractivity contribution < 1.29 is 8.42 Å². The largest absolute Gasteiger partial charge is 0.295 e. The lowest BCUT2D eigenvalue weighted by Gasteiger charge is -2.28. The molecular formula is C20H25ClN2O2S. The van der Waals surface area contributed by atoms with Gasteiger partial charge >= 0.3 is 0 Å². The number of hydrogen-bond donors (Lipinski definition) is 1. The minimum absolute atomic E-state index is 0.0164. The molecule has 2 aromatic rings. The van der Waals surface area contributed by atoms with E-state index in [0.717, 1.165) is 37.1 Å². The number of halogens is 1. The second kappa shape index (κ2) is 9.00. The molecule has 3 rings (SSSR count). The monoisotopic (exact) mass is 392 g/mol. The van der Waals surface area contributed by atoms with Gasteiger partial charge in [0.1, 0.15) is 0 Å². The number of nitrogens with zero attached hydrogens (tertiary/aromatic N) is 1. The van der Waals surface area contributed by atoms with Gasteiger partial charge in [0.05, 0.1) is 5.75 Å². The maximum atomic E-state index is 12.5. The van der Waals surface area contributed by atoms with Crippen LogP contribution in [-0.4, -0.2) is 38.7 Å². The summed E-state index contributed by atoms with van der Waals surface area (Å²) < 4.78 is 27.7. The predicted molar refractivity (Wildman–Crippen MR) is 107 cm³/mol. The molecule has 0 radical (unpaired) electrons. The third kappa shape index (κ3) is 5.55. The number of sulfonamides is 1. The van der Waals surface area contributed by atoms with Crippen molar-refractivity contribution in [1.82, 2.24) is 9.62 Å². The average molecular weight is 393 g/mol. The highest BCUT2D eigenvalue weighted by Crippen LogP contribution is 2.26. The van der Waals surface area contributed by atoms with Crippen LogP contribution in [0.1, 0.15) is 30.0 Å². The molecule has 0 aromatic heterocycles. The molecule has 2 aromatic carbocycles. The molecule has 1 aliphatic heterocycles. The number of likely N-dealkylation sites (tertiary alicyclic amines) is 1. The predicted octanol–water partition coefficient (Wildman–Crippen LogP) is 3.64. The molecule has 1 atom stereocenters. The molecule has 140 valence electrons. The maximum Gasteiger partial charge on any atom is 0.211 e. The Hall–Kier alpha value is -1.40. The van der Waals surface area contributed by atoms with E-state index in [-0.39, 0.29) is 11.8 Å². The van der Waals surface area contributed by atoms with Gasteiger partial charge in [-0.05, 0) is 55.6 Å². The van der Waals surface area contributed by atoms with Crippen LogP contribution >= 0.6 is 11.6 Å². The first-order valence-corrected chi connectivity index (χ1v) is 11.1. The fraction of sp³-hybridized carbons (Fsp3) is 0.400. The lowest BCUT2D eigenvalue weighted by molar-refractivity contribution is 0.246. The maximum absolute atomic E-state index is 12.5. The first-order chi connectivity index (χ1) is 12.5. The summed E-state index contributed by atoms with van der Waals surface area (Å²) in [4.78, 5) is 2.34. The van der Waals surface area contributed by atoms with Crippen LogP contribution in [0.2, 0.25) is 5.02 Å². The van der Waals surface area contributed by atoms with Crippen LogP contribution in [-0.2, 0) is 16.4 Å². The fourth-order valence-corrected chi connectivity index (χ4v) is 4.66. The molecule has 0 saturated carbocycles. The Morgan fingerprint density at radius 2 is 1.77 bits per heavy atom. The highest BCUT2D eigenvalue weighted by molar-refractivity contribution is 7.89. The second-order valence-electron chi connectivity index (χ2n) is 6.72. The van der Waals surface area contributed by atoms with Gasteiger partial charge in [-0.3, -0.25) is 4.90 Å². The van der Waals surface area contributed by atoms with E-state index in [9.17, 15) is 8.42 Å². The third-order valence-corrected chi connectivity index (χ3v) is 6.40. The van der Waals surface area contributed by atoms with Gasteiger partial charge in [-0.25, -0.2) is 13.1 Å². The minimum atomic E-state index is -3.33. The summed E-state index contributed by atoms with van der Waals surface area (Å²) >= 11 is 6.15. The summed E-state index contributed by atoms with van der Waals surface area (Å²) in [6, 6.07) is 17.4. The molecule has 0 amide bonds. The molecule has 1 saturated heterocycles. The second-order valence-corrected chi connectivity index (χ2v) is 9.08. The average Bonchev–Trinajstić information content (AvgIpc) is 3.16. The van der Waals surface area contributed by atoms with Crippen LogP contribution < -0.4 is 4.72 Å². The van der Waals surface area contributed by atoms with E-state index in [0.29, 0.717) is 18.0 Å². The SMILES string of the molecule is O=S(=O)(CCc1ccccc1)NCC(c1cccc(Cl)c1)N1CCCC1. The van der Waals surface area contributed by atoms with Crippen LogP contribution in [0.5, 0.6) is 0 Å². The summed E-state index contributed by atoms with van der Waals surface area (Å²) in [5, 5.41) is 0.679.